The fraction of sp³-hybridized carbons (Fsp3) is 0.0175. The Hall–Kier alpha value is -8.08. The zero-order chi connectivity index (χ0) is 40.1. The number of ether oxygens (including phenoxy) is 1. The predicted molar refractivity (Wildman–Crippen MR) is 248 cm³/mol. The van der Waals surface area contributed by atoms with Gasteiger partial charge >= 0.3 is 0 Å². The molecule has 0 N–H and O–H groups in total. The maximum absolute atomic E-state index is 7.28. The third kappa shape index (κ3) is 4.76. The first kappa shape index (κ1) is 33.8. The molecule has 0 saturated carbocycles. The van der Waals surface area contributed by atoms with Gasteiger partial charge in [0, 0.05) is 44.0 Å². The van der Waals surface area contributed by atoms with E-state index in [0.29, 0.717) is 5.82 Å². The summed E-state index contributed by atoms with van der Waals surface area (Å²) in [6.07, 6.45) is 0. The molecule has 4 nitrogen and oxygen atoms in total. The van der Waals surface area contributed by atoms with Gasteiger partial charge in [-0.25, -0.2) is 9.97 Å². The molecule has 284 valence electrons. The summed E-state index contributed by atoms with van der Waals surface area (Å²) < 4.78 is 9.72. The number of fused-ring (bicyclic) bond motifs is 14. The van der Waals surface area contributed by atoms with Crippen LogP contribution in [0.15, 0.2) is 212 Å². The van der Waals surface area contributed by atoms with Crippen LogP contribution in [0.5, 0.6) is 11.5 Å². The molecule has 1 aliphatic heterocycles. The van der Waals surface area contributed by atoms with Crippen molar-refractivity contribution in [2.24, 2.45) is 0 Å². The summed E-state index contributed by atoms with van der Waals surface area (Å²) >= 11 is 0. The van der Waals surface area contributed by atoms with Crippen molar-refractivity contribution in [3.63, 3.8) is 0 Å². The first-order valence-electron chi connectivity index (χ1n) is 20.8. The van der Waals surface area contributed by atoms with Crippen LogP contribution in [0.25, 0.3) is 83.3 Å². The molecule has 9 aromatic carbocycles. The lowest BCUT2D eigenvalue weighted by atomic mass is 9.66. The number of benzene rings is 9. The molecular weight excluding hydrogens is 743 g/mol. The highest BCUT2D eigenvalue weighted by molar-refractivity contribution is 6.14. The summed E-state index contributed by atoms with van der Waals surface area (Å²) in [6.45, 7) is 0. The van der Waals surface area contributed by atoms with Gasteiger partial charge in [0.1, 0.15) is 5.75 Å². The van der Waals surface area contributed by atoms with Crippen molar-refractivity contribution in [1.29, 1.82) is 0 Å². The summed E-state index contributed by atoms with van der Waals surface area (Å²) in [4.78, 5) is 10.4. The van der Waals surface area contributed by atoms with Crippen LogP contribution in [0, 0.1) is 0 Å². The third-order valence-corrected chi connectivity index (χ3v) is 12.9. The average molecular weight is 778 g/mol. The molecule has 2 aliphatic rings. The van der Waals surface area contributed by atoms with E-state index < -0.39 is 5.41 Å². The van der Waals surface area contributed by atoms with Crippen molar-refractivity contribution in [2.45, 2.75) is 5.41 Å². The lowest BCUT2D eigenvalue weighted by Crippen LogP contribution is -2.32. The monoisotopic (exact) mass is 777 g/mol. The van der Waals surface area contributed by atoms with Crippen molar-refractivity contribution >= 4 is 32.6 Å². The quantitative estimate of drug-likeness (QED) is 0.179. The first-order chi connectivity index (χ1) is 30.3. The van der Waals surface area contributed by atoms with Crippen molar-refractivity contribution < 1.29 is 4.74 Å². The van der Waals surface area contributed by atoms with Gasteiger partial charge in [0.05, 0.1) is 33.5 Å². The van der Waals surface area contributed by atoms with E-state index in [-0.39, 0.29) is 0 Å². The van der Waals surface area contributed by atoms with Gasteiger partial charge in [0.25, 0.3) is 0 Å². The lowest BCUT2D eigenvalue weighted by molar-refractivity contribution is 0.440. The zero-order valence-electron chi connectivity index (χ0n) is 33.0. The van der Waals surface area contributed by atoms with Gasteiger partial charge in [-0.1, -0.05) is 188 Å². The van der Waals surface area contributed by atoms with Crippen molar-refractivity contribution in [3.8, 4) is 62.2 Å². The Kier molecular flexibility index (Phi) is 7.19. The molecule has 0 saturated heterocycles. The Morgan fingerprint density at radius 2 is 0.984 bits per heavy atom. The molecule has 0 unspecified atom stereocenters. The fourth-order valence-electron chi connectivity index (χ4n) is 10.4. The maximum atomic E-state index is 7.28. The Balaban J connectivity index is 1.10. The van der Waals surface area contributed by atoms with Crippen LogP contribution in [0.2, 0.25) is 0 Å². The highest BCUT2D eigenvalue weighted by atomic mass is 16.5. The Bertz CT molecular complexity index is 3470. The van der Waals surface area contributed by atoms with Gasteiger partial charge in [-0.05, 0) is 51.9 Å². The molecule has 1 aliphatic carbocycles. The van der Waals surface area contributed by atoms with E-state index in [2.05, 4.69) is 193 Å². The number of nitrogens with zero attached hydrogens (tertiary/aromatic N) is 3. The summed E-state index contributed by atoms with van der Waals surface area (Å²) in [7, 11) is 0. The number of para-hydroxylation sites is 2. The van der Waals surface area contributed by atoms with Crippen LogP contribution < -0.4 is 4.74 Å². The number of hydrogen-bond acceptors (Lipinski definition) is 3. The molecule has 4 heteroatoms. The molecule has 0 fully saturated rings. The van der Waals surface area contributed by atoms with Crippen molar-refractivity contribution in [3.05, 3.63) is 235 Å². The number of hydrogen-bond donors (Lipinski definition) is 0. The zero-order valence-corrected chi connectivity index (χ0v) is 33.0. The molecule has 0 atom stereocenters. The van der Waals surface area contributed by atoms with Crippen LogP contribution in [-0.2, 0) is 5.41 Å². The van der Waals surface area contributed by atoms with E-state index >= 15 is 0 Å². The van der Waals surface area contributed by atoms with Crippen LogP contribution in [-0.4, -0.2) is 14.5 Å². The average Bonchev–Trinajstić information content (AvgIpc) is 3.83. The molecule has 0 radical (unpaired) electrons. The summed E-state index contributed by atoms with van der Waals surface area (Å²) in [5, 5.41) is 4.54. The first-order valence-corrected chi connectivity index (χ1v) is 20.8. The lowest BCUT2D eigenvalue weighted by Gasteiger charge is -2.39. The minimum absolute atomic E-state index is 0.571. The largest absolute Gasteiger partial charge is 0.454 e. The molecule has 3 heterocycles. The Morgan fingerprint density at radius 3 is 1.74 bits per heavy atom. The van der Waals surface area contributed by atoms with Crippen molar-refractivity contribution in [1.82, 2.24) is 14.5 Å². The Morgan fingerprint density at radius 1 is 0.393 bits per heavy atom. The SMILES string of the molecule is c1ccc(-c2cc(-c3ccc(-n4c5ccccc5c5ccc6c(c54)Oc4ccccc4C64c5ccccc5-c5ccccc54)c4ccccc34)nc(-c3ccccc3)n2)cc1. The molecule has 11 aromatic rings. The number of rotatable bonds is 4. The van der Waals surface area contributed by atoms with Crippen LogP contribution in [0.1, 0.15) is 22.3 Å². The van der Waals surface area contributed by atoms with Crippen molar-refractivity contribution in [2.75, 3.05) is 0 Å². The van der Waals surface area contributed by atoms with Gasteiger partial charge in [-0.15, -0.1) is 0 Å². The normalized spacial score (nSPS) is 13.2. The second kappa shape index (κ2) is 13.0. The summed E-state index contributed by atoms with van der Waals surface area (Å²) in [5.41, 5.74) is 14.9. The second-order valence-corrected chi connectivity index (χ2v) is 16.0. The van der Waals surface area contributed by atoms with E-state index in [1.165, 1.54) is 27.6 Å². The van der Waals surface area contributed by atoms with E-state index in [0.717, 1.165) is 83.6 Å². The predicted octanol–water partition coefficient (Wildman–Crippen LogP) is 14.2. The molecule has 1 spiro atoms. The van der Waals surface area contributed by atoms with E-state index in [1.807, 2.05) is 24.3 Å². The highest BCUT2D eigenvalue weighted by Gasteiger charge is 2.51. The molecule has 13 rings (SSSR count). The third-order valence-electron chi connectivity index (χ3n) is 12.9. The molecule has 0 bridgehead atoms. The second-order valence-electron chi connectivity index (χ2n) is 16.0. The minimum atomic E-state index is -0.571. The maximum Gasteiger partial charge on any atom is 0.160 e. The highest BCUT2D eigenvalue weighted by Crippen LogP contribution is 2.63. The van der Waals surface area contributed by atoms with Gasteiger partial charge in [0.2, 0.25) is 0 Å². The number of aromatic nitrogens is 3. The van der Waals surface area contributed by atoms with Gasteiger partial charge in [-0.2, -0.15) is 0 Å². The standard InChI is InChI=1S/C57H35N3O/c1-3-17-36(18-4-1)49-35-50(59-56(58-49)37-19-5-2-6-20-37)41-32-34-52(42-24-8-7-21-38(41)42)60-51-29-15-11-25-43(51)44-31-33-48-55(54(44)60)61-53-30-16-14-28-47(53)57(48)45-26-12-9-22-39(45)40-23-10-13-27-46(40)57/h1-35H. The minimum Gasteiger partial charge on any atom is -0.454 e. The fourth-order valence-corrected chi connectivity index (χ4v) is 10.4. The molecule has 61 heavy (non-hydrogen) atoms. The molecule has 0 amide bonds. The van der Waals surface area contributed by atoms with Gasteiger partial charge in [-0.3, -0.25) is 0 Å². The van der Waals surface area contributed by atoms with Crippen LogP contribution >= 0.6 is 0 Å². The van der Waals surface area contributed by atoms with Gasteiger partial charge < -0.3 is 9.30 Å². The summed E-state index contributed by atoms with van der Waals surface area (Å²) in [5.74, 6) is 2.45. The topological polar surface area (TPSA) is 39.9 Å². The molecule has 2 aromatic heterocycles. The van der Waals surface area contributed by atoms with E-state index in [4.69, 9.17) is 14.7 Å². The van der Waals surface area contributed by atoms with E-state index in [1.54, 1.807) is 0 Å². The summed E-state index contributed by atoms with van der Waals surface area (Å²) in [6, 6.07) is 75.8. The molecular formula is C57H35N3O. The smallest absolute Gasteiger partial charge is 0.160 e. The van der Waals surface area contributed by atoms with Gasteiger partial charge in [0.15, 0.2) is 11.6 Å². The Labute approximate surface area is 352 Å². The van der Waals surface area contributed by atoms with Crippen LogP contribution in [0.4, 0.5) is 0 Å². The van der Waals surface area contributed by atoms with Crippen LogP contribution in [0.3, 0.4) is 0 Å². The van der Waals surface area contributed by atoms with E-state index in [9.17, 15) is 0 Å².